The van der Waals surface area contributed by atoms with E-state index in [0.717, 1.165) is 14.6 Å². The molecule has 2 rings (SSSR count). The molecule has 4 heteroatoms. The smallest absolute Gasteiger partial charge is 0.0661 e. The van der Waals surface area contributed by atoms with Crippen LogP contribution in [0.2, 0.25) is 0 Å². The maximum Gasteiger partial charge on any atom is 0.0661 e. The van der Waals surface area contributed by atoms with Gasteiger partial charge in [-0.05, 0) is 77.1 Å². The van der Waals surface area contributed by atoms with Crippen LogP contribution in [-0.4, -0.2) is 12.1 Å². The third kappa shape index (κ3) is 2.63. The molecule has 1 heterocycles. The molecule has 1 saturated heterocycles. The highest BCUT2D eigenvalue weighted by Crippen LogP contribution is 2.40. The van der Waals surface area contributed by atoms with Crippen LogP contribution < -0.4 is 10.6 Å². The fraction of sp³-hybridized carbons (Fsp3) is 0.538. The van der Waals surface area contributed by atoms with Gasteiger partial charge in [-0.25, -0.2) is 0 Å². The van der Waals surface area contributed by atoms with Crippen LogP contribution in [0.3, 0.4) is 0 Å². The minimum atomic E-state index is 0.579. The van der Waals surface area contributed by atoms with Crippen LogP contribution in [0.4, 0.5) is 11.4 Å². The number of piperidine rings is 1. The fourth-order valence-electron chi connectivity index (χ4n) is 2.69. The standard InChI is InChI=1S/C13H18Br2N2/c1-8-4-3-5-9(2)17(8)13-11(14)6-10(16)7-12(13)15/h6-9H,3-5,16H2,1-2H3/t8-,9+. The first-order valence-electron chi connectivity index (χ1n) is 6.03. The summed E-state index contributed by atoms with van der Waals surface area (Å²) in [5, 5.41) is 0. The average molecular weight is 362 g/mol. The van der Waals surface area contributed by atoms with Gasteiger partial charge >= 0.3 is 0 Å². The predicted octanol–water partition coefficient (Wildman–Crippen LogP) is 4.56. The van der Waals surface area contributed by atoms with Crippen molar-refractivity contribution in [2.45, 2.75) is 45.2 Å². The second kappa shape index (κ2) is 5.19. The molecule has 94 valence electrons. The Bertz CT molecular complexity index is 387. The van der Waals surface area contributed by atoms with Crippen molar-refractivity contribution in [3.63, 3.8) is 0 Å². The van der Waals surface area contributed by atoms with E-state index in [1.807, 2.05) is 12.1 Å². The van der Waals surface area contributed by atoms with Crippen molar-refractivity contribution < 1.29 is 0 Å². The van der Waals surface area contributed by atoms with Crippen LogP contribution in [0.25, 0.3) is 0 Å². The predicted molar refractivity (Wildman–Crippen MR) is 81.5 cm³/mol. The van der Waals surface area contributed by atoms with Crippen LogP contribution in [-0.2, 0) is 0 Å². The molecule has 2 atom stereocenters. The van der Waals surface area contributed by atoms with Gasteiger partial charge in [0.15, 0.2) is 0 Å². The maximum atomic E-state index is 5.85. The Morgan fingerprint density at radius 2 is 1.59 bits per heavy atom. The highest BCUT2D eigenvalue weighted by molar-refractivity contribution is 9.11. The average Bonchev–Trinajstić information content (AvgIpc) is 2.21. The third-order valence-corrected chi connectivity index (χ3v) is 4.70. The topological polar surface area (TPSA) is 29.3 Å². The maximum absolute atomic E-state index is 5.85. The van der Waals surface area contributed by atoms with E-state index in [2.05, 4.69) is 50.6 Å². The Hall–Kier alpha value is -0.220. The van der Waals surface area contributed by atoms with Gasteiger partial charge in [-0.2, -0.15) is 0 Å². The Morgan fingerprint density at radius 3 is 2.06 bits per heavy atom. The van der Waals surface area contributed by atoms with E-state index in [4.69, 9.17) is 5.73 Å². The number of rotatable bonds is 1. The molecule has 0 unspecified atom stereocenters. The molecular formula is C13H18Br2N2. The lowest BCUT2D eigenvalue weighted by atomic mass is 9.96. The molecule has 2 nitrogen and oxygen atoms in total. The molecule has 1 fully saturated rings. The first-order valence-corrected chi connectivity index (χ1v) is 7.62. The van der Waals surface area contributed by atoms with Gasteiger partial charge in [0.2, 0.25) is 0 Å². The molecule has 0 radical (unpaired) electrons. The third-order valence-electron chi connectivity index (χ3n) is 3.49. The molecule has 17 heavy (non-hydrogen) atoms. The van der Waals surface area contributed by atoms with Crippen LogP contribution in [0, 0.1) is 0 Å². The van der Waals surface area contributed by atoms with Crippen molar-refractivity contribution in [1.82, 2.24) is 0 Å². The molecule has 0 aromatic heterocycles. The number of anilines is 2. The second-order valence-electron chi connectivity index (χ2n) is 4.87. The van der Waals surface area contributed by atoms with Crippen LogP contribution >= 0.6 is 31.9 Å². The van der Waals surface area contributed by atoms with Crippen LogP contribution in [0.5, 0.6) is 0 Å². The zero-order valence-electron chi connectivity index (χ0n) is 10.2. The van der Waals surface area contributed by atoms with E-state index in [-0.39, 0.29) is 0 Å². The van der Waals surface area contributed by atoms with Crippen LogP contribution in [0.15, 0.2) is 21.1 Å². The monoisotopic (exact) mass is 360 g/mol. The summed E-state index contributed by atoms with van der Waals surface area (Å²) in [6.45, 7) is 4.59. The number of hydrogen-bond donors (Lipinski definition) is 1. The normalized spacial score (nSPS) is 25.1. The summed E-state index contributed by atoms with van der Waals surface area (Å²) in [6, 6.07) is 5.12. The Balaban J connectivity index is 2.44. The molecule has 0 saturated carbocycles. The summed E-state index contributed by atoms with van der Waals surface area (Å²) >= 11 is 7.27. The van der Waals surface area contributed by atoms with Gasteiger partial charge in [-0.3, -0.25) is 0 Å². The lowest BCUT2D eigenvalue weighted by Crippen LogP contribution is -2.44. The first-order chi connectivity index (χ1) is 8.00. The molecular weight excluding hydrogens is 344 g/mol. The largest absolute Gasteiger partial charge is 0.399 e. The van der Waals surface area contributed by atoms with Gasteiger partial charge in [-0.1, -0.05) is 0 Å². The number of halogens is 2. The minimum Gasteiger partial charge on any atom is -0.399 e. The fourth-order valence-corrected chi connectivity index (χ4v) is 4.33. The van der Waals surface area contributed by atoms with E-state index in [9.17, 15) is 0 Å². The first kappa shape index (κ1) is 13.2. The van der Waals surface area contributed by atoms with Crippen molar-refractivity contribution in [1.29, 1.82) is 0 Å². The summed E-state index contributed by atoms with van der Waals surface area (Å²) in [7, 11) is 0. The zero-order valence-corrected chi connectivity index (χ0v) is 13.4. The van der Waals surface area contributed by atoms with E-state index in [1.165, 1.54) is 24.9 Å². The van der Waals surface area contributed by atoms with E-state index in [1.54, 1.807) is 0 Å². The van der Waals surface area contributed by atoms with Gasteiger partial charge in [0, 0.05) is 26.7 Å². The lowest BCUT2D eigenvalue weighted by Gasteiger charge is -2.42. The Morgan fingerprint density at radius 1 is 1.12 bits per heavy atom. The van der Waals surface area contributed by atoms with Crippen molar-refractivity contribution in [2.24, 2.45) is 0 Å². The molecule has 1 aromatic rings. The number of nitrogens with two attached hydrogens (primary N) is 1. The molecule has 2 N–H and O–H groups in total. The van der Waals surface area contributed by atoms with Gasteiger partial charge in [0.25, 0.3) is 0 Å². The molecule has 0 spiro atoms. The number of nitrogens with zero attached hydrogens (tertiary/aromatic N) is 1. The van der Waals surface area contributed by atoms with E-state index in [0.29, 0.717) is 12.1 Å². The zero-order chi connectivity index (χ0) is 12.6. The van der Waals surface area contributed by atoms with Crippen molar-refractivity contribution >= 4 is 43.2 Å². The SMILES string of the molecule is C[C@@H]1CCC[C@H](C)N1c1c(Br)cc(N)cc1Br. The van der Waals surface area contributed by atoms with E-state index >= 15 is 0 Å². The number of hydrogen-bond acceptors (Lipinski definition) is 2. The molecule has 1 aliphatic heterocycles. The highest BCUT2D eigenvalue weighted by atomic mass is 79.9. The van der Waals surface area contributed by atoms with Gasteiger partial charge < -0.3 is 10.6 Å². The van der Waals surface area contributed by atoms with Crippen molar-refractivity contribution in [3.05, 3.63) is 21.1 Å². The second-order valence-corrected chi connectivity index (χ2v) is 6.58. The Labute approximate surface area is 120 Å². The summed E-state index contributed by atoms with van der Waals surface area (Å²) in [5.74, 6) is 0. The van der Waals surface area contributed by atoms with E-state index < -0.39 is 0 Å². The molecule has 0 aliphatic carbocycles. The summed E-state index contributed by atoms with van der Waals surface area (Å²) in [4.78, 5) is 2.50. The molecule has 1 aliphatic rings. The van der Waals surface area contributed by atoms with Crippen molar-refractivity contribution in [2.75, 3.05) is 10.6 Å². The van der Waals surface area contributed by atoms with Crippen LogP contribution in [0.1, 0.15) is 33.1 Å². The summed E-state index contributed by atoms with van der Waals surface area (Å²) in [6.07, 6.45) is 3.84. The van der Waals surface area contributed by atoms with Gasteiger partial charge in [0.1, 0.15) is 0 Å². The quantitative estimate of drug-likeness (QED) is 0.743. The molecule has 0 amide bonds. The molecule has 1 aromatic carbocycles. The number of benzene rings is 1. The Kier molecular flexibility index (Phi) is 4.03. The minimum absolute atomic E-state index is 0.579. The number of nitrogen functional groups attached to an aromatic ring is 1. The van der Waals surface area contributed by atoms with Crippen molar-refractivity contribution in [3.8, 4) is 0 Å². The lowest BCUT2D eigenvalue weighted by molar-refractivity contribution is 0.413. The van der Waals surface area contributed by atoms with Gasteiger partial charge in [-0.15, -0.1) is 0 Å². The summed E-state index contributed by atoms with van der Waals surface area (Å²) < 4.78 is 2.15. The summed E-state index contributed by atoms with van der Waals surface area (Å²) in [5.41, 5.74) is 7.87. The molecule has 0 bridgehead atoms. The highest BCUT2D eigenvalue weighted by Gasteiger charge is 2.27. The van der Waals surface area contributed by atoms with Gasteiger partial charge in [0.05, 0.1) is 5.69 Å².